The number of nitrogens with one attached hydrogen (secondary N) is 2. The van der Waals surface area contributed by atoms with Gasteiger partial charge in [0.2, 0.25) is 0 Å². The van der Waals surface area contributed by atoms with Gasteiger partial charge in [-0.2, -0.15) is 0 Å². The molecule has 12 heteroatoms. The second kappa shape index (κ2) is 15.1. The Kier molecular flexibility index (Phi) is 9.85. The van der Waals surface area contributed by atoms with E-state index in [1.807, 2.05) is 98.1 Å². The molecule has 9 rings (SSSR count). The molecular weight excluding hydrogens is 891 g/mol. The van der Waals surface area contributed by atoms with Gasteiger partial charge in [-0.3, -0.25) is 19.9 Å². The molecule has 0 spiro atoms. The van der Waals surface area contributed by atoms with Crippen molar-refractivity contribution in [1.29, 1.82) is 0 Å². The fourth-order valence-corrected chi connectivity index (χ4v) is 6.49. The Morgan fingerprint density at radius 2 is 0.558 bits per heavy atom. The van der Waals surface area contributed by atoms with Crippen LogP contribution in [0.15, 0.2) is 122 Å². The molecule has 0 saturated heterocycles. The topological polar surface area (TPSA) is 109 Å². The molecule has 2 N–H and O–H groups in total. The fourth-order valence-electron chi connectivity index (χ4n) is 6.49. The summed E-state index contributed by atoms with van der Waals surface area (Å²) in [7, 11) is 14.9. The third kappa shape index (κ3) is 6.97. The number of nitrogens with zero attached hydrogens (tertiary/aromatic N) is 6. The minimum absolute atomic E-state index is 0.846. The summed E-state index contributed by atoms with van der Waals surface area (Å²) in [6.07, 6.45) is 22.8. The van der Waals surface area contributed by atoms with Crippen LogP contribution in [0.25, 0.3) is 90.9 Å². The summed E-state index contributed by atoms with van der Waals surface area (Å²) in [6.45, 7) is 0. The molecule has 9 heterocycles. The van der Waals surface area contributed by atoms with Crippen LogP contribution in [0.4, 0.5) is 0 Å². The number of hydrogen-bond donors (Lipinski definition) is 2. The van der Waals surface area contributed by atoms with Gasteiger partial charge >= 0.3 is 42.2 Å². The molecule has 8 bridgehead atoms. The van der Waals surface area contributed by atoms with Crippen molar-refractivity contribution < 1.29 is 13.5 Å². The number of rotatable bonds is 4. The van der Waals surface area contributed by atoms with E-state index < -0.39 is 13.5 Å². The van der Waals surface area contributed by atoms with E-state index in [0.29, 0.717) is 0 Å². The number of hydrogen-bond acceptors (Lipinski definition) is 6. The van der Waals surface area contributed by atoms with Gasteiger partial charge in [-0.15, -0.1) is 0 Å². The predicted molar refractivity (Wildman–Crippen MR) is 209 cm³/mol. The molecular formula is C40H26Cl3IrN8. The summed E-state index contributed by atoms with van der Waals surface area (Å²) in [5, 5.41) is 0. The SMILES string of the molecule is C1=Cc2nc1c(-c1ccncc1)c1ccc([nH]1)c(-c1ccncc1)c1nc(c(-c3ccncc3)c3ccc([nH]3)c2-c2ccncc2)C=C1.[Cl][Ir]([Cl])[Cl]. The van der Waals surface area contributed by atoms with Gasteiger partial charge in [0, 0.05) is 93.9 Å². The Morgan fingerprint density at radius 1 is 0.346 bits per heavy atom. The molecule has 256 valence electrons. The second-order valence-electron chi connectivity index (χ2n) is 11.6. The van der Waals surface area contributed by atoms with E-state index >= 15 is 0 Å². The van der Waals surface area contributed by atoms with E-state index in [1.54, 1.807) is 0 Å². The van der Waals surface area contributed by atoms with Crippen molar-refractivity contribution in [2.24, 2.45) is 0 Å². The summed E-state index contributed by atoms with van der Waals surface area (Å²) in [6, 6.07) is 24.6. The fraction of sp³-hybridized carbons (Fsp3) is 0. The Hall–Kier alpha value is -5.28. The molecule has 7 aromatic heterocycles. The molecule has 0 unspecified atom stereocenters. The van der Waals surface area contributed by atoms with Crippen LogP contribution < -0.4 is 0 Å². The molecule has 0 amide bonds. The molecule has 0 atom stereocenters. The van der Waals surface area contributed by atoms with Gasteiger partial charge in [-0.25, -0.2) is 9.97 Å². The zero-order valence-corrected chi connectivity index (χ0v) is 31.7. The van der Waals surface area contributed by atoms with Gasteiger partial charge in [0.15, 0.2) is 0 Å². The van der Waals surface area contributed by atoms with Crippen LogP contribution in [0.1, 0.15) is 22.8 Å². The van der Waals surface area contributed by atoms with E-state index in [9.17, 15) is 0 Å². The Balaban J connectivity index is 0.000000922. The molecule has 2 aliphatic heterocycles. The zero-order valence-electron chi connectivity index (χ0n) is 27.0. The maximum absolute atomic E-state index is 5.29. The molecule has 0 aliphatic carbocycles. The average Bonchev–Trinajstić information content (AvgIpc) is 4.01. The quantitative estimate of drug-likeness (QED) is 0.182. The van der Waals surface area contributed by atoms with Gasteiger partial charge in [0.1, 0.15) is 0 Å². The minimum atomic E-state index is -1.92. The standard InChI is InChI=1S/C40H26N8.3ClH.Ir/c1-2-30-38(26-11-19-42-20-12-26)32-5-6-34(47-32)40(28-15-23-44-24-16-28)36-8-7-35(48-36)39(27-13-21-43-22-14-27)33-4-3-31(46-33)37(29(1)45-30)25-9-17-41-18-10-25;;;;/h1-24,45,48H;3*1H;/q;;;;+3/p-3. The number of H-pyrrole nitrogens is 2. The van der Waals surface area contributed by atoms with Gasteiger partial charge in [0.25, 0.3) is 0 Å². The van der Waals surface area contributed by atoms with Crippen molar-refractivity contribution in [2.45, 2.75) is 0 Å². The van der Waals surface area contributed by atoms with Gasteiger partial charge in [-0.05, 0) is 119 Å². The van der Waals surface area contributed by atoms with Crippen LogP contribution in [0.2, 0.25) is 0 Å². The molecule has 0 saturated carbocycles. The van der Waals surface area contributed by atoms with Crippen LogP contribution in [0.5, 0.6) is 0 Å². The van der Waals surface area contributed by atoms with Crippen molar-refractivity contribution in [3.63, 3.8) is 0 Å². The first-order chi connectivity index (χ1) is 25.5. The van der Waals surface area contributed by atoms with Crippen molar-refractivity contribution in [1.82, 2.24) is 39.9 Å². The van der Waals surface area contributed by atoms with Crippen molar-refractivity contribution >= 4 is 75.1 Å². The summed E-state index contributed by atoms with van der Waals surface area (Å²) >= 11 is -1.92. The molecule has 0 fully saturated rings. The first-order valence-corrected chi connectivity index (χ1v) is 24.9. The normalized spacial score (nSPS) is 11.9. The first kappa shape index (κ1) is 33.8. The number of aromatic amines is 2. The number of pyridine rings is 4. The zero-order chi connectivity index (χ0) is 35.4. The van der Waals surface area contributed by atoms with E-state index in [2.05, 4.69) is 78.5 Å². The molecule has 8 nitrogen and oxygen atoms in total. The van der Waals surface area contributed by atoms with Crippen LogP contribution in [-0.2, 0) is 13.5 Å². The number of fused-ring (bicyclic) bond motifs is 8. The van der Waals surface area contributed by atoms with Crippen LogP contribution in [0, 0.1) is 0 Å². The predicted octanol–water partition coefficient (Wildman–Crippen LogP) is 11.0. The van der Waals surface area contributed by atoms with E-state index in [4.69, 9.17) is 38.7 Å². The monoisotopic (exact) mass is 916 g/mol. The van der Waals surface area contributed by atoms with Crippen molar-refractivity contribution in [3.05, 3.63) is 145 Å². The summed E-state index contributed by atoms with van der Waals surface area (Å²) in [5.41, 5.74) is 15.0. The van der Waals surface area contributed by atoms with Crippen LogP contribution in [0.3, 0.4) is 0 Å². The van der Waals surface area contributed by atoms with Gasteiger partial charge < -0.3 is 9.97 Å². The van der Waals surface area contributed by atoms with E-state index in [0.717, 1.165) is 89.4 Å². The van der Waals surface area contributed by atoms with Gasteiger partial charge in [-0.1, -0.05) is 0 Å². The van der Waals surface area contributed by atoms with Crippen molar-refractivity contribution in [3.8, 4) is 44.5 Å². The molecule has 0 radical (unpaired) electrons. The van der Waals surface area contributed by atoms with Crippen LogP contribution >= 0.6 is 28.8 Å². The maximum atomic E-state index is 5.29. The van der Waals surface area contributed by atoms with Crippen molar-refractivity contribution in [2.75, 3.05) is 0 Å². The second-order valence-corrected chi connectivity index (χ2v) is 22.0. The van der Waals surface area contributed by atoms with E-state index in [-0.39, 0.29) is 0 Å². The third-order valence-electron chi connectivity index (χ3n) is 8.63. The Bertz CT molecular complexity index is 2260. The summed E-state index contributed by atoms with van der Waals surface area (Å²) in [5.74, 6) is 0. The van der Waals surface area contributed by atoms with Crippen LogP contribution in [-0.4, -0.2) is 39.9 Å². The number of halogens is 3. The average molecular weight is 917 g/mol. The van der Waals surface area contributed by atoms with Gasteiger partial charge in [0.05, 0.1) is 22.8 Å². The summed E-state index contributed by atoms with van der Waals surface area (Å²) < 4.78 is 0. The van der Waals surface area contributed by atoms with E-state index in [1.165, 1.54) is 0 Å². The Morgan fingerprint density at radius 3 is 0.769 bits per heavy atom. The number of aromatic nitrogens is 8. The molecule has 2 aliphatic rings. The summed E-state index contributed by atoms with van der Waals surface area (Å²) in [4.78, 5) is 35.2. The third-order valence-corrected chi connectivity index (χ3v) is 8.63. The molecule has 0 aromatic carbocycles. The molecule has 52 heavy (non-hydrogen) atoms. The molecule has 7 aromatic rings. The Labute approximate surface area is 316 Å². The first-order valence-electron chi connectivity index (χ1n) is 16.0.